The van der Waals surface area contributed by atoms with Gasteiger partial charge < -0.3 is 4.90 Å². The minimum atomic E-state index is 0.355. The van der Waals surface area contributed by atoms with Crippen molar-refractivity contribution >= 4 is 16.9 Å². The van der Waals surface area contributed by atoms with Crippen molar-refractivity contribution in [2.24, 2.45) is 4.99 Å². The molecule has 1 heterocycles. The fourth-order valence-electron chi connectivity index (χ4n) is 1.37. The highest BCUT2D eigenvalue weighted by Gasteiger charge is 2.18. The van der Waals surface area contributed by atoms with E-state index >= 15 is 0 Å². The zero-order chi connectivity index (χ0) is 9.68. The van der Waals surface area contributed by atoms with Gasteiger partial charge in [-0.1, -0.05) is 11.8 Å². The second-order valence-corrected chi connectivity index (χ2v) is 3.87. The molecule has 1 fully saturated rings. The number of hydrogen-bond donors (Lipinski definition) is 1. The second-order valence-electron chi connectivity index (χ2n) is 3.08. The maximum absolute atomic E-state index is 8.43. The van der Waals surface area contributed by atoms with Crippen LogP contribution in [-0.2, 0) is 0 Å². The molecule has 0 radical (unpaired) electrons. The first kappa shape index (κ1) is 10.4. The standard InChI is InChI=1S/C8H14N4S/c1-12-4-3-7(5-12)11-8(13-2)10-6-9/h7H,3-5H2,1-2H3,(H,10,11). The van der Waals surface area contributed by atoms with E-state index < -0.39 is 0 Å². The smallest absolute Gasteiger partial charge is 0.183 e. The lowest BCUT2D eigenvalue weighted by atomic mass is 10.3. The summed E-state index contributed by atoms with van der Waals surface area (Å²) in [7, 11) is 2.09. The quantitative estimate of drug-likeness (QED) is 0.288. The van der Waals surface area contributed by atoms with Gasteiger partial charge in [-0.25, -0.2) is 0 Å². The van der Waals surface area contributed by atoms with Crippen molar-refractivity contribution in [3.8, 4) is 6.19 Å². The molecule has 72 valence electrons. The third-order valence-corrected chi connectivity index (χ3v) is 2.62. The van der Waals surface area contributed by atoms with Crippen molar-refractivity contribution in [2.45, 2.75) is 12.5 Å². The number of nitrogens with one attached hydrogen (secondary N) is 1. The third kappa shape index (κ3) is 3.25. The number of aliphatic imine (C=N–C) groups is 1. The summed E-state index contributed by atoms with van der Waals surface area (Å²) in [4.78, 5) is 6.69. The largest absolute Gasteiger partial charge is 0.304 e. The molecule has 1 rings (SSSR count). The first-order valence-electron chi connectivity index (χ1n) is 4.21. The van der Waals surface area contributed by atoms with Crippen LogP contribution in [-0.4, -0.2) is 42.5 Å². The fraction of sp³-hybridized carbons (Fsp3) is 0.750. The van der Waals surface area contributed by atoms with Gasteiger partial charge in [-0.2, -0.15) is 5.26 Å². The Morgan fingerprint density at radius 1 is 1.77 bits per heavy atom. The summed E-state index contributed by atoms with van der Waals surface area (Å²) in [6, 6.07) is 0.355. The first-order chi connectivity index (χ1) is 6.26. The van der Waals surface area contributed by atoms with Gasteiger partial charge in [0.25, 0.3) is 0 Å². The number of amidine groups is 1. The summed E-state index contributed by atoms with van der Waals surface area (Å²) >= 11 is 1.48. The van der Waals surface area contributed by atoms with E-state index in [1.165, 1.54) is 11.8 Å². The molecular weight excluding hydrogens is 184 g/mol. The summed E-state index contributed by atoms with van der Waals surface area (Å²) < 4.78 is 0. The summed E-state index contributed by atoms with van der Waals surface area (Å²) in [6.45, 7) is 2.10. The van der Waals surface area contributed by atoms with Crippen LogP contribution in [0.1, 0.15) is 6.42 Å². The molecule has 1 unspecified atom stereocenters. The number of hydrogen-bond acceptors (Lipinski definition) is 4. The number of rotatable bonds is 1. The average Bonchev–Trinajstić information content (AvgIpc) is 2.50. The molecule has 1 saturated heterocycles. The van der Waals surface area contributed by atoms with Crippen molar-refractivity contribution < 1.29 is 0 Å². The number of likely N-dealkylation sites (tertiary alicyclic amines) is 1. The van der Waals surface area contributed by atoms with Crippen molar-refractivity contribution in [3.05, 3.63) is 0 Å². The van der Waals surface area contributed by atoms with Crippen LogP contribution in [0.4, 0.5) is 0 Å². The molecule has 0 aromatic heterocycles. The monoisotopic (exact) mass is 198 g/mol. The molecule has 0 aliphatic carbocycles. The topological polar surface area (TPSA) is 51.4 Å². The van der Waals surface area contributed by atoms with E-state index in [2.05, 4.69) is 22.3 Å². The average molecular weight is 198 g/mol. The summed E-state index contributed by atoms with van der Waals surface area (Å²) in [5.74, 6) is 0. The molecule has 0 aromatic carbocycles. The number of likely N-dealkylation sites (N-methyl/N-ethyl adjacent to an activating group) is 1. The lowest BCUT2D eigenvalue weighted by Crippen LogP contribution is -2.20. The van der Waals surface area contributed by atoms with E-state index in [4.69, 9.17) is 5.26 Å². The SMILES string of the molecule is CSC(=NC1CCN(C)C1)NC#N. The van der Waals surface area contributed by atoms with Crippen LogP contribution in [0.3, 0.4) is 0 Å². The minimum absolute atomic E-state index is 0.355. The lowest BCUT2D eigenvalue weighted by molar-refractivity contribution is 0.411. The third-order valence-electron chi connectivity index (χ3n) is 2.02. The summed E-state index contributed by atoms with van der Waals surface area (Å²) in [5.41, 5.74) is 0. The molecule has 1 aliphatic heterocycles. The lowest BCUT2D eigenvalue weighted by Gasteiger charge is -2.07. The van der Waals surface area contributed by atoms with Gasteiger partial charge in [0.05, 0.1) is 6.04 Å². The van der Waals surface area contributed by atoms with E-state index in [9.17, 15) is 0 Å². The van der Waals surface area contributed by atoms with Crippen LogP contribution in [0.25, 0.3) is 0 Å². The predicted molar refractivity (Wildman–Crippen MR) is 55.6 cm³/mol. The van der Waals surface area contributed by atoms with Crippen molar-refractivity contribution in [2.75, 3.05) is 26.4 Å². The van der Waals surface area contributed by atoms with Gasteiger partial charge in [0.1, 0.15) is 0 Å². The second kappa shape index (κ2) is 5.10. The van der Waals surface area contributed by atoms with E-state index in [1.807, 2.05) is 12.4 Å². The molecule has 1 aliphatic rings. The van der Waals surface area contributed by atoms with Gasteiger partial charge in [0.15, 0.2) is 11.4 Å². The van der Waals surface area contributed by atoms with E-state index in [0.717, 1.165) is 24.7 Å². The molecule has 0 amide bonds. The molecule has 4 nitrogen and oxygen atoms in total. The Kier molecular flexibility index (Phi) is 4.06. The number of thioether (sulfide) groups is 1. The van der Waals surface area contributed by atoms with Crippen LogP contribution >= 0.6 is 11.8 Å². The van der Waals surface area contributed by atoms with Gasteiger partial charge in [0.2, 0.25) is 0 Å². The molecule has 0 aromatic rings. The van der Waals surface area contributed by atoms with Gasteiger partial charge in [0, 0.05) is 6.54 Å². The molecule has 0 saturated carbocycles. The van der Waals surface area contributed by atoms with E-state index in [-0.39, 0.29) is 0 Å². The molecule has 0 bridgehead atoms. The summed E-state index contributed by atoms with van der Waals surface area (Å²) in [5, 5.41) is 11.7. The molecule has 13 heavy (non-hydrogen) atoms. The van der Waals surface area contributed by atoms with Gasteiger partial charge in [-0.3, -0.25) is 10.3 Å². The van der Waals surface area contributed by atoms with Gasteiger partial charge >= 0.3 is 0 Å². The Hall–Kier alpha value is -0.730. The van der Waals surface area contributed by atoms with Crippen molar-refractivity contribution in [1.29, 1.82) is 5.26 Å². The van der Waals surface area contributed by atoms with Crippen LogP contribution in [0.15, 0.2) is 4.99 Å². The van der Waals surface area contributed by atoms with Crippen LogP contribution < -0.4 is 5.32 Å². The number of nitrogens with zero attached hydrogens (tertiary/aromatic N) is 3. The van der Waals surface area contributed by atoms with E-state index in [1.54, 1.807) is 0 Å². The Balaban J connectivity index is 2.48. The highest BCUT2D eigenvalue weighted by Crippen LogP contribution is 2.11. The molecule has 1 N–H and O–H groups in total. The highest BCUT2D eigenvalue weighted by molar-refractivity contribution is 8.13. The molecule has 1 atom stereocenters. The maximum atomic E-state index is 8.43. The van der Waals surface area contributed by atoms with Gasteiger partial charge in [-0.15, -0.1) is 0 Å². The Morgan fingerprint density at radius 3 is 3.00 bits per heavy atom. The number of nitriles is 1. The van der Waals surface area contributed by atoms with Crippen molar-refractivity contribution in [1.82, 2.24) is 10.2 Å². The zero-order valence-electron chi connectivity index (χ0n) is 7.95. The fourth-order valence-corrected chi connectivity index (χ4v) is 1.77. The Labute approximate surface area is 83.0 Å². The molecule has 0 spiro atoms. The Bertz CT molecular complexity index is 233. The van der Waals surface area contributed by atoms with Crippen molar-refractivity contribution in [3.63, 3.8) is 0 Å². The molecular formula is C8H14N4S. The summed E-state index contributed by atoms with van der Waals surface area (Å²) in [6.07, 6.45) is 4.90. The predicted octanol–water partition coefficient (Wildman–Crippen LogP) is 0.480. The van der Waals surface area contributed by atoms with Crippen LogP contribution in [0.5, 0.6) is 0 Å². The van der Waals surface area contributed by atoms with Crippen LogP contribution in [0, 0.1) is 11.5 Å². The van der Waals surface area contributed by atoms with E-state index in [0.29, 0.717) is 6.04 Å². The van der Waals surface area contributed by atoms with Gasteiger partial charge in [-0.05, 0) is 26.3 Å². The molecule has 5 heteroatoms. The minimum Gasteiger partial charge on any atom is -0.304 e. The maximum Gasteiger partial charge on any atom is 0.183 e. The highest BCUT2D eigenvalue weighted by atomic mass is 32.2. The Morgan fingerprint density at radius 2 is 2.54 bits per heavy atom. The van der Waals surface area contributed by atoms with Crippen LogP contribution in [0.2, 0.25) is 0 Å². The normalized spacial score (nSPS) is 24.4. The first-order valence-corrected chi connectivity index (χ1v) is 5.44. The zero-order valence-corrected chi connectivity index (χ0v) is 8.77.